The number of nitrogens with zero attached hydrogens (tertiary/aromatic N) is 5. The van der Waals surface area contributed by atoms with E-state index < -0.39 is 0 Å². The van der Waals surface area contributed by atoms with Gasteiger partial charge in [-0.15, -0.1) is 0 Å². The van der Waals surface area contributed by atoms with Crippen LogP contribution in [0.25, 0.3) is 22.2 Å². The summed E-state index contributed by atoms with van der Waals surface area (Å²) in [4.78, 5) is 25.0. The number of nitrogen functional groups attached to an aromatic ring is 1. The summed E-state index contributed by atoms with van der Waals surface area (Å²) < 4.78 is 2.15. The lowest BCUT2D eigenvalue weighted by atomic mass is 9.89. The summed E-state index contributed by atoms with van der Waals surface area (Å²) in [5.41, 5.74) is 11.6. The minimum absolute atomic E-state index is 0.0181. The number of carbonyl (C=O) groups excluding carboxylic acids is 1. The summed E-state index contributed by atoms with van der Waals surface area (Å²) in [6.07, 6.45) is 5.65. The molecule has 5 rings (SSSR count). The molecule has 4 aromatic rings. The third kappa shape index (κ3) is 4.52. The number of pyridine rings is 2. The van der Waals surface area contributed by atoms with Gasteiger partial charge < -0.3 is 20.3 Å². The molecule has 36 heavy (non-hydrogen) atoms. The lowest BCUT2D eigenvalue weighted by Crippen LogP contribution is -2.33. The molecule has 0 saturated carbocycles. The molecule has 0 aliphatic carbocycles. The van der Waals surface area contributed by atoms with E-state index in [4.69, 9.17) is 5.73 Å². The Morgan fingerprint density at radius 2 is 1.83 bits per heavy atom. The summed E-state index contributed by atoms with van der Waals surface area (Å²) in [7, 11) is 5.60. The van der Waals surface area contributed by atoms with E-state index in [1.165, 1.54) is 11.3 Å². The maximum absolute atomic E-state index is 12.2. The molecule has 1 amide bonds. The van der Waals surface area contributed by atoms with Crippen molar-refractivity contribution in [1.82, 2.24) is 24.3 Å². The Hall–Kier alpha value is -3.91. The molecule has 8 nitrogen and oxygen atoms in total. The van der Waals surface area contributed by atoms with Gasteiger partial charge in [-0.2, -0.15) is 0 Å². The molecule has 3 N–H and O–H groups in total. The Balaban J connectivity index is 1.29. The summed E-state index contributed by atoms with van der Waals surface area (Å²) in [6.45, 7) is 2.88. The minimum Gasteiger partial charge on any atom is -0.504 e. The van der Waals surface area contributed by atoms with Crippen LogP contribution in [0, 0.1) is 0 Å². The third-order valence-electron chi connectivity index (χ3n) is 7.25. The van der Waals surface area contributed by atoms with Gasteiger partial charge in [0.25, 0.3) is 5.91 Å². The average Bonchev–Trinajstić information content (AvgIpc) is 3.21. The molecule has 3 aromatic heterocycles. The second-order valence-electron chi connectivity index (χ2n) is 9.79. The van der Waals surface area contributed by atoms with Crippen LogP contribution in [-0.2, 0) is 13.6 Å². The number of aromatic hydroxyl groups is 1. The Kier molecular flexibility index (Phi) is 6.36. The molecule has 0 bridgehead atoms. The van der Waals surface area contributed by atoms with Crippen LogP contribution in [-0.4, -0.2) is 62.5 Å². The summed E-state index contributed by atoms with van der Waals surface area (Å²) >= 11 is 0. The molecule has 0 spiro atoms. The van der Waals surface area contributed by atoms with Gasteiger partial charge in [-0.3, -0.25) is 9.69 Å². The first kappa shape index (κ1) is 23.8. The summed E-state index contributed by atoms with van der Waals surface area (Å²) in [6, 6.07) is 13.9. The predicted molar refractivity (Wildman–Crippen MR) is 142 cm³/mol. The zero-order valence-corrected chi connectivity index (χ0v) is 21.0. The van der Waals surface area contributed by atoms with E-state index in [1.54, 1.807) is 37.5 Å². The third-order valence-corrected chi connectivity index (χ3v) is 7.25. The van der Waals surface area contributed by atoms with Gasteiger partial charge in [-0.1, -0.05) is 12.1 Å². The number of carbonyl (C=O) groups is 1. The van der Waals surface area contributed by atoms with Crippen molar-refractivity contribution in [2.24, 2.45) is 7.05 Å². The molecule has 0 atom stereocenters. The van der Waals surface area contributed by atoms with Gasteiger partial charge in [-0.05, 0) is 73.3 Å². The molecule has 1 aromatic carbocycles. The van der Waals surface area contributed by atoms with Crippen molar-refractivity contribution < 1.29 is 9.90 Å². The van der Waals surface area contributed by atoms with E-state index in [0.717, 1.165) is 60.2 Å². The quantitative estimate of drug-likeness (QED) is 0.444. The summed E-state index contributed by atoms with van der Waals surface area (Å²) in [5.74, 6) is 0.652. The van der Waals surface area contributed by atoms with E-state index in [2.05, 4.69) is 44.7 Å². The van der Waals surface area contributed by atoms with Crippen LogP contribution >= 0.6 is 0 Å². The number of anilines is 1. The second-order valence-corrected chi connectivity index (χ2v) is 9.79. The fraction of sp³-hybridized carbons (Fsp3) is 0.321. The van der Waals surface area contributed by atoms with Gasteiger partial charge in [0, 0.05) is 62.3 Å². The van der Waals surface area contributed by atoms with Gasteiger partial charge in [-0.25, -0.2) is 9.97 Å². The normalized spacial score (nSPS) is 14.9. The van der Waals surface area contributed by atoms with E-state index in [9.17, 15) is 9.90 Å². The van der Waals surface area contributed by atoms with Gasteiger partial charge >= 0.3 is 0 Å². The Morgan fingerprint density at radius 3 is 2.50 bits per heavy atom. The standard InChI is InChI=1S/C28H32N6O2/c1-32(2)28(36)20-6-4-18(5-7-20)19-9-12-34(13-10-19)17-22-15-24-23(8-11-30-27(24)33(22)3)21-14-25(35)26(29)31-16-21/h4-8,11,14-16,19,35H,9-10,12-13,17H2,1-3H3,(H2,29,31). The van der Waals surface area contributed by atoms with Crippen LogP contribution < -0.4 is 5.73 Å². The molecule has 1 aliphatic rings. The number of aromatic nitrogens is 3. The van der Waals surface area contributed by atoms with Gasteiger partial charge in [0.15, 0.2) is 11.6 Å². The lowest BCUT2D eigenvalue weighted by molar-refractivity contribution is 0.0827. The topological polar surface area (TPSA) is 101 Å². The number of amides is 1. The zero-order chi connectivity index (χ0) is 25.4. The monoisotopic (exact) mass is 484 g/mol. The molecular formula is C28H32N6O2. The van der Waals surface area contributed by atoms with Crippen LogP contribution in [0.5, 0.6) is 5.75 Å². The van der Waals surface area contributed by atoms with Crippen molar-refractivity contribution in [2.75, 3.05) is 32.9 Å². The number of nitrogens with two attached hydrogens (primary N) is 1. The number of likely N-dealkylation sites (tertiary alicyclic amines) is 1. The van der Waals surface area contributed by atoms with E-state index in [1.807, 2.05) is 18.2 Å². The van der Waals surface area contributed by atoms with Crippen LogP contribution in [0.3, 0.4) is 0 Å². The van der Waals surface area contributed by atoms with Crippen molar-refractivity contribution in [1.29, 1.82) is 0 Å². The molecule has 1 saturated heterocycles. The van der Waals surface area contributed by atoms with Gasteiger partial charge in [0.2, 0.25) is 0 Å². The lowest BCUT2D eigenvalue weighted by Gasteiger charge is -2.32. The van der Waals surface area contributed by atoms with Crippen LogP contribution in [0.15, 0.2) is 54.9 Å². The Morgan fingerprint density at radius 1 is 1.11 bits per heavy atom. The fourth-order valence-corrected chi connectivity index (χ4v) is 5.10. The number of hydrogen-bond acceptors (Lipinski definition) is 6. The molecule has 186 valence electrons. The van der Waals surface area contributed by atoms with Crippen LogP contribution in [0.1, 0.15) is 40.4 Å². The molecule has 4 heterocycles. The number of piperidine rings is 1. The van der Waals surface area contributed by atoms with Crippen molar-refractivity contribution in [3.05, 3.63) is 71.7 Å². The maximum Gasteiger partial charge on any atom is 0.253 e. The van der Waals surface area contributed by atoms with E-state index in [0.29, 0.717) is 5.92 Å². The number of rotatable bonds is 5. The van der Waals surface area contributed by atoms with Crippen LogP contribution in [0.2, 0.25) is 0 Å². The fourth-order valence-electron chi connectivity index (χ4n) is 5.10. The second kappa shape index (κ2) is 9.62. The Labute approximate surface area is 211 Å². The largest absolute Gasteiger partial charge is 0.504 e. The number of aryl methyl sites for hydroxylation is 1. The number of hydrogen-bond donors (Lipinski definition) is 2. The average molecular weight is 485 g/mol. The molecule has 1 fully saturated rings. The van der Waals surface area contributed by atoms with Crippen molar-refractivity contribution in [2.45, 2.75) is 25.3 Å². The number of fused-ring (bicyclic) bond motifs is 1. The highest BCUT2D eigenvalue weighted by Crippen LogP contribution is 2.33. The zero-order valence-electron chi connectivity index (χ0n) is 21.0. The SMILES string of the molecule is CN(C)C(=O)c1ccc(C2CCN(Cc3cc4c(-c5cnc(N)c(O)c5)ccnc4n3C)CC2)cc1. The van der Waals surface area contributed by atoms with E-state index in [-0.39, 0.29) is 17.5 Å². The predicted octanol–water partition coefficient (Wildman–Crippen LogP) is 4.00. The van der Waals surface area contributed by atoms with Crippen molar-refractivity contribution in [3.8, 4) is 16.9 Å². The molecule has 1 aliphatic heterocycles. The van der Waals surface area contributed by atoms with Gasteiger partial charge in [0.05, 0.1) is 0 Å². The number of benzene rings is 1. The van der Waals surface area contributed by atoms with Crippen molar-refractivity contribution >= 4 is 22.8 Å². The summed E-state index contributed by atoms with van der Waals surface area (Å²) in [5, 5.41) is 11.1. The van der Waals surface area contributed by atoms with E-state index >= 15 is 0 Å². The highest BCUT2D eigenvalue weighted by atomic mass is 16.3. The van der Waals surface area contributed by atoms with Gasteiger partial charge in [0.1, 0.15) is 5.65 Å². The first-order valence-electron chi connectivity index (χ1n) is 12.2. The highest BCUT2D eigenvalue weighted by molar-refractivity contribution is 5.94. The maximum atomic E-state index is 12.2. The first-order chi connectivity index (χ1) is 17.3. The molecule has 0 unspecified atom stereocenters. The smallest absolute Gasteiger partial charge is 0.253 e. The molecule has 0 radical (unpaired) electrons. The Bertz CT molecular complexity index is 1400. The molecule has 8 heteroatoms. The van der Waals surface area contributed by atoms with Crippen molar-refractivity contribution in [3.63, 3.8) is 0 Å². The highest BCUT2D eigenvalue weighted by Gasteiger charge is 2.23. The molecular weight excluding hydrogens is 452 g/mol. The minimum atomic E-state index is -0.0181. The van der Waals surface area contributed by atoms with Crippen LogP contribution in [0.4, 0.5) is 5.82 Å². The first-order valence-corrected chi connectivity index (χ1v) is 12.2.